The van der Waals surface area contributed by atoms with Gasteiger partial charge in [-0.25, -0.2) is 0 Å². The van der Waals surface area contributed by atoms with E-state index in [-0.39, 0.29) is 11.9 Å². The Labute approximate surface area is 90.3 Å². The van der Waals surface area contributed by atoms with E-state index < -0.39 is 0 Å². The minimum Gasteiger partial charge on any atom is -0.346 e. The van der Waals surface area contributed by atoms with Crippen molar-refractivity contribution in [3.8, 4) is 0 Å². The Kier molecular flexibility index (Phi) is 4.35. The van der Waals surface area contributed by atoms with E-state index in [4.69, 9.17) is 0 Å². The summed E-state index contributed by atoms with van der Waals surface area (Å²) in [5, 5.41) is 2.86. The average Bonchev–Trinajstić information content (AvgIpc) is 2.29. The normalized spacial score (nSPS) is 11.5. The zero-order valence-electron chi connectivity index (χ0n) is 8.65. The predicted molar refractivity (Wildman–Crippen MR) is 62.7 cm³/mol. The molecule has 2 heteroatoms. The van der Waals surface area contributed by atoms with Gasteiger partial charge in [0.2, 0.25) is 0 Å². The molecule has 0 spiro atoms. The van der Waals surface area contributed by atoms with Crippen molar-refractivity contribution >= 4 is 5.91 Å². The number of carbonyl (C=O) groups is 1. The summed E-state index contributed by atoms with van der Waals surface area (Å²) in [5.41, 5.74) is 0.661. The van der Waals surface area contributed by atoms with Crippen LogP contribution in [0.15, 0.2) is 55.6 Å². The largest absolute Gasteiger partial charge is 0.346 e. The number of hydrogen-bond acceptors (Lipinski definition) is 1. The molecule has 0 aliphatic rings. The van der Waals surface area contributed by atoms with Gasteiger partial charge >= 0.3 is 0 Å². The highest BCUT2D eigenvalue weighted by Gasteiger charge is 2.08. The second-order valence-corrected chi connectivity index (χ2v) is 3.21. The summed E-state index contributed by atoms with van der Waals surface area (Å²) in [4.78, 5) is 11.7. The Morgan fingerprint density at radius 2 is 2.00 bits per heavy atom. The number of hydrogen-bond donors (Lipinski definition) is 1. The molecule has 0 saturated heterocycles. The summed E-state index contributed by atoms with van der Waals surface area (Å²) in [6.45, 7) is 7.29. The molecule has 0 aromatic heterocycles. The summed E-state index contributed by atoms with van der Waals surface area (Å²) < 4.78 is 0. The highest BCUT2D eigenvalue weighted by Crippen LogP contribution is 2.01. The van der Waals surface area contributed by atoms with E-state index in [1.165, 1.54) is 0 Å². The van der Waals surface area contributed by atoms with Gasteiger partial charge in [-0.1, -0.05) is 30.4 Å². The number of benzene rings is 1. The Morgan fingerprint density at radius 3 is 2.53 bits per heavy atom. The van der Waals surface area contributed by atoms with E-state index in [9.17, 15) is 4.79 Å². The van der Waals surface area contributed by atoms with Crippen molar-refractivity contribution in [2.24, 2.45) is 0 Å². The number of nitrogens with one attached hydrogen (secondary N) is 1. The molecule has 1 N–H and O–H groups in total. The Bertz CT molecular complexity index is 343. The van der Waals surface area contributed by atoms with E-state index >= 15 is 0 Å². The molecule has 0 aliphatic heterocycles. The third-order valence-corrected chi connectivity index (χ3v) is 2.06. The van der Waals surface area contributed by atoms with Crippen LogP contribution in [0.25, 0.3) is 0 Å². The SMILES string of the molecule is C=CCC(C=C)NC(=O)c1ccccc1. The van der Waals surface area contributed by atoms with Gasteiger partial charge in [-0.3, -0.25) is 4.79 Å². The molecule has 78 valence electrons. The van der Waals surface area contributed by atoms with Gasteiger partial charge in [-0.2, -0.15) is 0 Å². The van der Waals surface area contributed by atoms with Gasteiger partial charge in [0.05, 0.1) is 6.04 Å². The first-order chi connectivity index (χ1) is 7.27. The summed E-state index contributed by atoms with van der Waals surface area (Å²) in [6, 6.07) is 9.07. The van der Waals surface area contributed by atoms with E-state index in [0.717, 1.165) is 0 Å². The molecule has 0 fully saturated rings. The van der Waals surface area contributed by atoms with E-state index in [1.807, 2.05) is 18.2 Å². The fraction of sp³-hybridized carbons (Fsp3) is 0.154. The maximum absolute atomic E-state index is 11.7. The fourth-order valence-electron chi connectivity index (χ4n) is 1.23. The zero-order valence-corrected chi connectivity index (χ0v) is 8.65. The average molecular weight is 201 g/mol. The van der Waals surface area contributed by atoms with Crippen molar-refractivity contribution in [3.63, 3.8) is 0 Å². The van der Waals surface area contributed by atoms with Crippen LogP contribution in [0.4, 0.5) is 0 Å². The van der Waals surface area contributed by atoms with Gasteiger partial charge in [0, 0.05) is 5.56 Å². The summed E-state index contributed by atoms with van der Waals surface area (Å²) in [5.74, 6) is -0.0812. The minimum absolute atomic E-state index is 0.0461. The topological polar surface area (TPSA) is 29.1 Å². The van der Waals surface area contributed by atoms with Crippen LogP contribution >= 0.6 is 0 Å². The van der Waals surface area contributed by atoms with Crippen molar-refractivity contribution in [3.05, 3.63) is 61.2 Å². The Morgan fingerprint density at radius 1 is 1.33 bits per heavy atom. The van der Waals surface area contributed by atoms with Crippen molar-refractivity contribution < 1.29 is 4.79 Å². The lowest BCUT2D eigenvalue weighted by Gasteiger charge is -2.12. The van der Waals surface area contributed by atoms with Gasteiger partial charge in [0.1, 0.15) is 0 Å². The standard InChI is InChI=1S/C13H15NO/c1-3-8-12(4-2)14-13(15)11-9-6-5-7-10-11/h3-7,9-10,12H,1-2,8H2,(H,14,15). The van der Waals surface area contributed by atoms with Crippen molar-refractivity contribution in [1.29, 1.82) is 0 Å². The fourth-order valence-corrected chi connectivity index (χ4v) is 1.23. The first kappa shape index (κ1) is 11.2. The van der Waals surface area contributed by atoms with E-state index in [2.05, 4.69) is 18.5 Å². The maximum atomic E-state index is 11.7. The monoisotopic (exact) mass is 201 g/mol. The molecule has 1 atom stereocenters. The molecular weight excluding hydrogens is 186 g/mol. The van der Waals surface area contributed by atoms with Crippen LogP contribution in [0, 0.1) is 0 Å². The molecule has 15 heavy (non-hydrogen) atoms. The highest BCUT2D eigenvalue weighted by molar-refractivity contribution is 5.94. The Balaban J connectivity index is 2.62. The highest BCUT2D eigenvalue weighted by atomic mass is 16.1. The van der Waals surface area contributed by atoms with Crippen LogP contribution in [-0.2, 0) is 0 Å². The first-order valence-corrected chi connectivity index (χ1v) is 4.87. The molecule has 0 aliphatic carbocycles. The molecule has 0 radical (unpaired) electrons. The summed E-state index contributed by atoms with van der Waals surface area (Å²) in [6.07, 6.45) is 4.17. The lowest BCUT2D eigenvalue weighted by molar-refractivity contribution is 0.0945. The molecule has 0 heterocycles. The zero-order chi connectivity index (χ0) is 11.1. The minimum atomic E-state index is -0.0812. The number of rotatable bonds is 5. The van der Waals surface area contributed by atoms with Crippen LogP contribution in [0.1, 0.15) is 16.8 Å². The molecule has 0 bridgehead atoms. The molecule has 0 saturated carbocycles. The molecule has 1 aromatic carbocycles. The molecule has 1 rings (SSSR count). The smallest absolute Gasteiger partial charge is 0.251 e. The molecule has 2 nitrogen and oxygen atoms in total. The van der Waals surface area contributed by atoms with Crippen molar-refractivity contribution in [1.82, 2.24) is 5.32 Å². The molecule has 1 aromatic rings. The number of amides is 1. The third-order valence-electron chi connectivity index (χ3n) is 2.06. The van der Waals surface area contributed by atoms with Gasteiger partial charge < -0.3 is 5.32 Å². The Hall–Kier alpha value is -1.83. The molecular formula is C13H15NO. The van der Waals surface area contributed by atoms with Gasteiger partial charge in [0.25, 0.3) is 5.91 Å². The third kappa shape index (κ3) is 3.43. The van der Waals surface area contributed by atoms with Crippen LogP contribution in [0.5, 0.6) is 0 Å². The molecule has 1 amide bonds. The lowest BCUT2D eigenvalue weighted by Crippen LogP contribution is -2.32. The van der Waals surface area contributed by atoms with E-state index in [1.54, 1.807) is 24.3 Å². The van der Waals surface area contributed by atoms with Gasteiger partial charge in [-0.05, 0) is 18.6 Å². The predicted octanol–water partition coefficient (Wildman–Crippen LogP) is 2.55. The van der Waals surface area contributed by atoms with Crippen molar-refractivity contribution in [2.45, 2.75) is 12.5 Å². The summed E-state index contributed by atoms with van der Waals surface area (Å²) >= 11 is 0. The van der Waals surface area contributed by atoms with Crippen LogP contribution < -0.4 is 5.32 Å². The van der Waals surface area contributed by atoms with Gasteiger partial charge in [0.15, 0.2) is 0 Å². The quantitative estimate of drug-likeness (QED) is 0.729. The summed E-state index contributed by atoms with van der Waals surface area (Å²) in [7, 11) is 0. The number of carbonyl (C=O) groups excluding carboxylic acids is 1. The maximum Gasteiger partial charge on any atom is 0.251 e. The first-order valence-electron chi connectivity index (χ1n) is 4.87. The van der Waals surface area contributed by atoms with Crippen LogP contribution in [0.3, 0.4) is 0 Å². The van der Waals surface area contributed by atoms with Crippen LogP contribution in [-0.4, -0.2) is 11.9 Å². The lowest BCUT2D eigenvalue weighted by atomic mass is 10.1. The van der Waals surface area contributed by atoms with E-state index in [0.29, 0.717) is 12.0 Å². The molecule has 1 unspecified atom stereocenters. The van der Waals surface area contributed by atoms with Crippen molar-refractivity contribution in [2.75, 3.05) is 0 Å². The second kappa shape index (κ2) is 5.81. The van der Waals surface area contributed by atoms with Crippen LogP contribution in [0.2, 0.25) is 0 Å². The second-order valence-electron chi connectivity index (χ2n) is 3.21. The van der Waals surface area contributed by atoms with Gasteiger partial charge in [-0.15, -0.1) is 13.2 Å².